The fourth-order valence-electron chi connectivity index (χ4n) is 1.74. The van der Waals surface area contributed by atoms with Gasteiger partial charge in [-0.3, -0.25) is 0 Å². The van der Waals surface area contributed by atoms with Crippen molar-refractivity contribution in [3.05, 3.63) is 28.8 Å². The van der Waals surface area contributed by atoms with Crippen LogP contribution in [0.3, 0.4) is 0 Å². The monoisotopic (exact) mass is 272 g/mol. The van der Waals surface area contributed by atoms with Crippen LogP contribution in [-0.2, 0) is 0 Å². The van der Waals surface area contributed by atoms with Gasteiger partial charge in [-0.05, 0) is 49.6 Å². The molecule has 2 atom stereocenters. The zero-order valence-corrected chi connectivity index (χ0v) is 11.1. The largest absolute Gasteiger partial charge is 0.496 e. The summed E-state index contributed by atoms with van der Waals surface area (Å²) in [4.78, 5) is 0.0460. The fourth-order valence-corrected chi connectivity index (χ4v) is 2.05. The van der Waals surface area contributed by atoms with Crippen molar-refractivity contribution in [3.63, 3.8) is 0 Å². The zero-order valence-electron chi connectivity index (χ0n) is 9.54. The summed E-state index contributed by atoms with van der Waals surface area (Å²) in [6.45, 7) is 5.90. The molecule has 84 valence electrons. The van der Waals surface area contributed by atoms with Crippen molar-refractivity contribution in [2.75, 3.05) is 7.11 Å². The van der Waals surface area contributed by atoms with Gasteiger partial charge in [-0.15, -0.1) is 0 Å². The molecule has 1 aromatic rings. The zero-order chi connectivity index (χ0) is 11.6. The number of alkyl halides is 1. The first-order chi connectivity index (χ1) is 6.97. The smallest absolute Gasteiger partial charge is 0.124 e. The lowest BCUT2D eigenvalue weighted by molar-refractivity contribution is 0.181. The van der Waals surface area contributed by atoms with Gasteiger partial charge in [0.2, 0.25) is 0 Å². The first-order valence-corrected chi connectivity index (χ1v) is 5.86. The Kier molecular flexibility index (Phi) is 4.17. The van der Waals surface area contributed by atoms with Gasteiger partial charge in [0.05, 0.1) is 13.2 Å². The number of hydrogen-bond acceptors (Lipinski definition) is 2. The Hall–Kier alpha value is -0.540. The number of aryl methyl sites for hydroxylation is 2. The average Bonchev–Trinajstić information content (AvgIpc) is 2.15. The lowest BCUT2D eigenvalue weighted by Crippen LogP contribution is -2.08. The van der Waals surface area contributed by atoms with E-state index in [9.17, 15) is 5.11 Å². The van der Waals surface area contributed by atoms with Crippen LogP contribution in [0.1, 0.15) is 29.7 Å². The van der Waals surface area contributed by atoms with Crippen molar-refractivity contribution < 1.29 is 9.84 Å². The molecular formula is C12H17BrO2. The van der Waals surface area contributed by atoms with E-state index in [1.807, 2.05) is 32.9 Å². The third-order valence-electron chi connectivity index (χ3n) is 2.46. The van der Waals surface area contributed by atoms with Crippen LogP contribution in [0.15, 0.2) is 12.1 Å². The summed E-state index contributed by atoms with van der Waals surface area (Å²) in [5.41, 5.74) is 3.04. The van der Waals surface area contributed by atoms with Crippen molar-refractivity contribution in [1.29, 1.82) is 0 Å². The minimum absolute atomic E-state index is 0.0460. The van der Waals surface area contributed by atoms with Crippen LogP contribution >= 0.6 is 15.9 Å². The second kappa shape index (κ2) is 4.99. The summed E-state index contributed by atoms with van der Waals surface area (Å²) in [5, 5.41) is 9.92. The molecule has 1 aromatic carbocycles. The third-order valence-corrected chi connectivity index (χ3v) is 2.96. The normalized spacial score (nSPS) is 14.8. The minimum atomic E-state index is -0.478. The predicted octanol–water partition coefficient (Wildman–Crippen LogP) is 3.13. The van der Waals surface area contributed by atoms with E-state index in [1.165, 1.54) is 0 Å². The summed E-state index contributed by atoms with van der Waals surface area (Å²) in [6.07, 6.45) is -0.478. The maximum Gasteiger partial charge on any atom is 0.124 e. The molecule has 0 aliphatic rings. The van der Waals surface area contributed by atoms with Crippen LogP contribution in [0.5, 0.6) is 5.75 Å². The number of hydrogen-bond donors (Lipinski definition) is 1. The molecule has 0 fully saturated rings. The highest BCUT2D eigenvalue weighted by molar-refractivity contribution is 9.09. The topological polar surface area (TPSA) is 29.5 Å². The maximum atomic E-state index is 9.92. The molecule has 0 aliphatic carbocycles. The molecule has 0 spiro atoms. The molecule has 2 unspecified atom stereocenters. The Labute approximate surface area is 99.4 Å². The Morgan fingerprint density at radius 2 is 1.73 bits per heavy atom. The summed E-state index contributed by atoms with van der Waals surface area (Å²) in [5.74, 6) is 0.896. The van der Waals surface area contributed by atoms with Crippen LogP contribution < -0.4 is 4.74 Å². The van der Waals surface area contributed by atoms with Gasteiger partial charge in [0.15, 0.2) is 0 Å². The molecular weight excluding hydrogens is 256 g/mol. The molecule has 0 aromatic heterocycles. The van der Waals surface area contributed by atoms with E-state index < -0.39 is 6.10 Å². The molecule has 0 saturated heterocycles. The molecule has 0 saturated carbocycles. The Bertz CT molecular complexity index is 324. The molecule has 0 heterocycles. The molecule has 15 heavy (non-hydrogen) atoms. The number of aliphatic hydroxyl groups excluding tert-OH is 1. The molecule has 0 bridgehead atoms. The van der Waals surface area contributed by atoms with Gasteiger partial charge in [0, 0.05) is 4.83 Å². The SMILES string of the molecule is COc1c(C)cc(C(O)C(C)Br)cc1C. The fraction of sp³-hybridized carbons (Fsp3) is 0.500. The maximum absolute atomic E-state index is 9.92. The van der Waals surface area contributed by atoms with Gasteiger partial charge in [-0.2, -0.15) is 0 Å². The van der Waals surface area contributed by atoms with Crippen LogP contribution in [-0.4, -0.2) is 17.0 Å². The first kappa shape index (κ1) is 12.5. The van der Waals surface area contributed by atoms with Gasteiger partial charge < -0.3 is 9.84 Å². The Morgan fingerprint density at radius 3 is 2.07 bits per heavy atom. The first-order valence-electron chi connectivity index (χ1n) is 4.94. The predicted molar refractivity (Wildman–Crippen MR) is 65.8 cm³/mol. The number of halogens is 1. The molecule has 1 rings (SSSR count). The number of ether oxygens (including phenoxy) is 1. The van der Waals surface area contributed by atoms with E-state index in [4.69, 9.17) is 4.74 Å². The van der Waals surface area contributed by atoms with E-state index in [0.29, 0.717) is 0 Å². The highest BCUT2D eigenvalue weighted by Crippen LogP contribution is 2.29. The van der Waals surface area contributed by atoms with Crippen LogP contribution in [0.25, 0.3) is 0 Å². The van der Waals surface area contributed by atoms with E-state index in [2.05, 4.69) is 15.9 Å². The number of rotatable bonds is 3. The summed E-state index contributed by atoms with van der Waals surface area (Å²) in [6, 6.07) is 3.93. The van der Waals surface area contributed by atoms with Crippen molar-refractivity contribution in [2.45, 2.75) is 31.7 Å². The molecule has 1 N–H and O–H groups in total. The number of aliphatic hydroxyl groups is 1. The Morgan fingerprint density at radius 1 is 1.27 bits per heavy atom. The van der Waals surface area contributed by atoms with Crippen LogP contribution in [0.2, 0.25) is 0 Å². The van der Waals surface area contributed by atoms with Gasteiger partial charge >= 0.3 is 0 Å². The van der Waals surface area contributed by atoms with Crippen LogP contribution in [0.4, 0.5) is 0 Å². The van der Waals surface area contributed by atoms with Gasteiger partial charge in [-0.1, -0.05) is 15.9 Å². The second-order valence-electron chi connectivity index (χ2n) is 3.81. The molecule has 0 amide bonds. The van der Waals surface area contributed by atoms with Gasteiger partial charge in [-0.25, -0.2) is 0 Å². The second-order valence-corrected chi connectivity index (χ2v) is 5.25. The number of benzene rings is 1. The standard InChI is InChI=1S/C12H17BrO2/c1-7-5-10(11(14)9(3)13)6-8(2)12(7)15-4/h5-6,9,11,14H,1-4H3. The summed E-state index contributed by atoms with van der Waals surface area (Å²) < 4.78 is 5.28. The highest BCUT2D eigenvalue weighted by Gasteiger charge is 2.15. The Balaban J connectivity index is 3.14. The minimum Gasteiger partial charge on any atom is -0.496 e. The van der Waals surface area contributed by atoms with Crippen molar-refractivity contribution in [3.8, 4) is 5.75 Å². The van der Waals surface area contributed by atoms with Gasteiger partial charge in [0.25, 0.3) is 0 Å². The van der Waals surface area contributed by atoms with E-state index in [1.54, 1.807) is 7.11 Å². The van der Waals surface area contributed by atoms with Crippen molar-refractivity contribution in [1.82, 2.24) is 0 Å². The average molecular weight is 273 g/mol. The van der Waals surface area contributed by atoms with Crippen LogP contribution in [0, 0.1) is 13.8 Å². The highest BCUT2D eigenvalue weighted by atomic mass is 79.9. The molecule has 0 aliphatic heterocycles. The molecule has 3 heteroatoms. The molecule has 2 nitrogen and oxygen atoms in total. The lowest BCUT2D eigenvalue weighted by Gasteiger charge is -2.17. The van der Waals surface area contributed by atoms with E-state index >= 15 is 0 Å². The summed E-state index contributed by atoms with van der Waals surface area (Å²) >= 11 is 3.38. The quantitative estimate of drug-likeness (QED) is 0.857. The lowest BCUT2D eigenvalue weighted by atomic mass is 10.0. The number of methoxy groups -OCH3 is 1. The third kappa shape index (κ3) is 2.73. The summed E-state index contributed by atoms with van der Waals surface area (Å²) in [7, 11) is 1.67. The van der Waals surface area contributed by atoms with Crippen molar-refractivity contribution in [2.24, 2.45) is 0 Å². The van der Waals surface area contributed by atoms with Crippen molar-refractivity contribution >= 4 is 15.9 Å². The molecule has 0 radical (unpaired) electrons. The van der Waals surface area contributed by atoms with Gasteiger partial charge in [0.1, 0.15) is 5.75 Å². The van der Waals surface area contributed by atoms with E-state index in [-0.39, 0.29) is 4.83 Å². The van der Waals surface area contributed by atoms with E-state index in [0.717, 1.165) is 22.4 Å².